The Balaban J connectivity index is 0.000000868. The number of pyridine rings is 1. The van der Waals surface area contributed by atoms with Crippen LogP contribution in [0.1, 0.15) is 24.2 Å². The minimum absolute atomic E-state index is 0.206. The summed E-state index contributed by atoms with van der Waals surface area (Å²) in [4.78, 5) is 22.8. The molecule has 0 saturated heterocycles. The lowest BCUT2D eigenvalue weighted by Gasteiger charge is -2.21. The molecule has 3 aromatic heterocycles. The number of aromatic nitrogens is 5. The third kappa shape index (κ3) is 5.57. The number of fused-ring (bicyclic) bond motifs is 2. The van der Waals surface area contributed by atoms with E-state index in [1.165, 1.54) is 6.33 Å². The molecule has 0 spiro atoms. The fourth-order valence-corrected chi connectivity index (χ4v) is 5.37. The Morgan fingerprint density at radius 2 is 1.72 bits per heavy atom. The molecule has 0 fully saturated rings. The summed E-state index contributed by atoms with van der Waals surface area (Å²) in [5.74, 6) is 1.11. The molecule has 218 valence electrons. The molecule has 3 N–H and O–H groups in total. The summed E-state index contributed by atoms with van der Waals surface area (Å²) in [5.41, 5.74) is 10.7. The van der Waals surface area contributed by atoms with Crippen LogP contribution in [-0.4, -0.2) is 39.8 Å². The number of para-hydroxylation sites is 1. The summed E-state index contributed by atoms with van der Waals surface area (Å²) in [6, 6.07) is 22.4. The van der Waals surface area contributed by atoms with Gasteiger partial charge < -0.3 is 10.5 Å². The van der Waals surface area contributed by atoms with Gasteiger partial charge in [-0.15, -0.1) is 0 Å². The van der Waals surface area contributed by atoms with Crippen LogP contribution in [0.25, 0.3) is 38.8 Å². The molecule has 43 heavy (non-hydrogen) atoms. The minimum atomic E-state index is -2.61. The van der Waals surface area contributed by atoms with Crippen molar-refractivity contribution < 1.29 is 13.2 Å². The van der Waals surface area contributed by atoms with Gasteiger partial charge in [-0.3, -0.25) is 9.36 Å². The maximum atomic E-state index is 13.9. The molecule has 0 bridgehead atoms. The van der Waals surface area contributed by atoms with Crippen molar-refractivity contribution in [2.75, 3.05) is 12.8 Å². The zero-order chi connectivity index (χ0) is 30.8. The second kappa shape index (κ2) is 12.0. The molecule has 0 saturated carbocycles. The van der Waals surface area contributed by atoms with Gasteiger partial charge in [-0.25, -0.2) is 14.6 Å². The number of rotatable bonds is 5. The van der Waals surface area contributed by atoms with Crippen molar-refractivity contribution in [3.05, 3.63) is 106 Å². The number of benzene rings is 3. The Kier molecular flexibility index (Phi) is 8.24. The molecule has 0 aliphatic carbocycles. The highest BCUT2D eigenvalue weighted by molar-refractivity contribution is 7.60. The number of nitrogens with zero attached hydrogens (tertiary/aromatic N) is 5. The van der Waals surface area contributed by atoms with Crippen molar-refractivity contribution in [3.63, 3.8) is 0 Å². The van der Waals surface area contributed by atoms with E-state index >= 15 is 0 Å². The SMILES string of the molecule is COc1ccc(-c2nn([C@@H](C)c3cc4cccc(Cl)c4c(=O)n3-c3ccccc3)c3ncnc(N)c23)cc1C.N=S(=O)=O. The zero-order valence-electron chi connectivity index (χ0n) is 23.3. The first kappa shape index (κ1) is 29.4. The summed E-state index contributed by atoms with van der Waals surface area (Å²) in [6.45, 7) is 3.96. The summed E-state index contributed by atoms with van der Waals surface area (Å²) < 4.78 is 31.8. The zero-order valence-corrected chi connectivity index (χ0v) is 24.9. The normalized spacial score (nSPS) is 11.6. The van der Waals surface area contributed by atoms with Gasteiger partial charge in [-0.05, 0) is 67.3 Å². The topological polar surface area (TPSA) is 159 Å². The molecule has 6 aromatic rings. The molecular formula is C30H26ClN7O4S. The van der Waals surface area contributed by atoms with E-state index in [0.29, 0.717) is 33.0 Å². The van der Waals surface area contributed by atoms with Gasteiger partial charge in [-0.2, -0.15) is 18.3 Å². The van der Waals surface area contributed by atoms with Gasteiger partial charge in [0.15, 0.2) is 5.65 Å². The van der Waals surface area contributed by atoms with Gasteiger partial charge in [-0.1, -0.05) is 41.9 Å². The van der Waals surface area contributed by atoms with Crippen LogP contribution in [0.4, 0.5) is 5.82 Å². The lowest BCUT2D eigenvalue weighted by atomic mass is 10.1. The number of hydrogen-bond donors (Lipinski definition) is 2. The fourth-order valence-electron chi connectivity index (χ4n) is 5.11. The van der Waals surface area contributed by atoms with E-state index in [2.05, 4.69) is 9.97 Å². The Hall–Kier alpha value is -5.07. The quantitative estimate of drug-likeness (QED) is 0.254. The van der Waals surface area contributed by atoms with Gasteiger partial charge in [0.05, 0.1) is 34.6 Å². The summed E-state index contributed by atoms with van der Waals surface area (Å²) in [6.07, 6.45) is 1.43. The third-order valence-corrected chi connectivity index (χ3v) is 7.34. The number of nitrogens with two attached hydrogens (primary N) is 1. The molecule has 1 atom stereocenters. The molecule has 0 amide bonds. The van der Waals surface area contributed by atoms with E-state index in [9.17, 15) is 4.79 Å². The first-order valence-corrected chi connectivity index (χ1v) is 14.4. The van der Waals surface area contributed by atoms with Crippen LogP contribution in [0.3, 0.4) is 0 Å². The van der Waals surface area contributed by atoms with Gasteiger partial charge in [0.2, 0.25) is 0 Å². The molecule has 13 heteroatoms. The van der Waals surface area contributed by atoms with Crippen molar-refractivity contribution in [1.29, 1.82) is 4.78 Å². The van der Waals surface area contributed by atoms with Gasteiger partial charge in [0.1, 0.15) is 23.6 Å². The first-order chi connectivity index (χ1) is 20.6. The van der Waals surface area contributed by atoms with E-state index in [-0.39, 0.29) is 5.56 Å². The van der Waals surface area contributed by atoms with Crippen molar-refractivity contribution in [2.45, 2.75) is 19.9 Å². The molecule has 6 rings (SSSR count). The highest BCUT2D eigenvalue weighted by Crippen LogP contribution is 2.35. The van der Waals surface area contributed by atoms with Crippen LogP contribution < -0.4 is 16.0 Å². The monoisotopic (exact) mass is 615 g/mol. The minimum Gasteiger partial charge on any atom is -0.496 e. The second-order valence-electron chi connectivity index (χ2n) is 9.60. The molecule has 11 nitrogen and oxygen atoms in total. The van der Waals surface area contributed by atoms with Crippen LogP contribution in [0.15, 0.2) is 83.9 Å². The van der Waals surface area contributed by atoms with Crippen LogP contribution in [-0.2, 0) is 10.5 Å². The van der Waals surface area contributed by atoms with Crippen LogP contribution in [0.2, 0.25) is 5.02 Å². The Morgan fingerprint density at radius 3 is 2.40 bits per heavy atom. The molecule has 0 aliphatic heterocycles. The van der Waals surface area contributed by atoms with Gasteiger partial charge >= 0.3 is 10.5 Å². The molecule has 3 aromatic carbocycles. The van der Waals surface area contributed by atoms with Gasteiger partial charge in [0.25, 0.3) is 5.56 Å². The maximum absolute atomic E-state index is 13.9. The largest absolute Gasteiger partial charge is 0.496 e. The number of nitrogens with one attached hydrogen (secondary N) is 1. The third-order valence-electron chi connectivity index (χ3n) is 7.02. The summed E-state index contributed by atoms with van der Waals surface area (Å²) >= 11 is 6.50. The van der Waals surface area contributed by atoms with Crippen molar-refractivity contribution in [2.24, 2.45) is 0 Å². The number of anilines is 1. The average Bonchev–Trinajstić information content (AvgIpc) is 3.38. The Labute approximate surface area is 252 Å². The number of ether oxygens (including phenoxy) is 1. The molecular weight excluding hydrogens is 590 g/mol. The van der Waals surface area contributed by atoms with E-state index in [0.717, 1.165) is 33.6 Å². The highest BCUT2D eigenvalue weighted by atomic mass is 35.5. The van der Waals surface area contributed by atoms with E-state index < -0.39 is 16.5 Å². The van der Waals surface area contributed by atoms with Crippen molar-refractivity contribution in [1.82, 2.24) is 24.3 Å². The van der Waals surface area contributed by atoms with E-state index in [4.69, 9.17) is 40.4 Å². The number of aryl methyl sites for hydroxylation is 1. The van der Waals surface area contributed by atoms with Gasteiger partial charge in [0, 0.05) is 11.3 Å². The van der Waals surface area contributed by atoms with E-state index in [1.54, 1.807) is 22.4 Å². The maximum Gasteiger partial charge on any atom is 0.308 e. The predicted molar refractivity (Wildman–Crippen MR) is 166 cm³/mol. The number of methoxy groups -OCH3 is 1. The Bertz CT molecular complexity index is 2160. The lowest BCUT2D eigenvalue weighted by molar-refractivity contribution is 0.412. The summed E-state index contributed by atoms with van der Waals surface area (Å²) in [5, 5.41) is 7.27. The van der Waals surface area contributed by atoms with Crippen LogP contribution in [0, 0.1) is 11.7 Å². The van der Waals surface area contributed by atoms with Crippen LogP contribution in [0.5, 0.6) is 5.75 Å². The summed E-state index contributed by atoms with van der Waals surface area (Å²) in [7, 11) is -0.970. The fraction of sp³-hybridized carbons (Fsp3) is 0.133. The number of nitrogen functional groups attached to an aromatic ring is 1. The van der Waals surface area contributed by atoms with Crippen molar-refractivity contribution in [3.8, 4) is 22.7 Å². The highest BCUT2D eigenvalue weighted by Gasteiger charge is 2.25. The molecule has 3 heterocycles. The lowest BCUT2D eigenvalue weighted by Crippen LogP contribution is -2.26. The van der Waals surface area contributed by atoms with Crippen molar-refractivity contribution >= 4 is 49.7 Å². The first-order valence-electron chi connectivity index (χ1n) is 13.0. The average molecular weight is 616 g/mol. The van der Waals surface area contributed by atoms with E-state index in [1.807, 2.05) is 80.6 Å². The number of halogens is 1. The van der Waals surface area contributed by atoms with Crippen LogP contribution >= 0.6 is 11.6 Å². The smallest absolute Gasteiger partial charge is 0.308 e. The standard InChI is InChI=1S/C30H25ClN6O2.HNO2S/c1-17-14-20(12-13-24(17)39-3)27-26-28(32)33-16-34-29(26)37(35-27)18(2)23-15-19-8-7-11-22(31)25(19)30(38)36(23)21-9-5-4-6-10-21;1-4(2)3/h4-16,18H,1-3H3,(H2,32,33,34);1H/t18-;/m0./s1. The number of hydrogen-bond acceptors (Lipinski definition) is 9. The molecule has 0 radical (unpaired) electrons. The predicted octanol–water partition coefficient (Wildman–Crippen LogP) is 5.59. The Morgan fingerprint density at radius 1 is 1.00 bits per heavy atom. The second-order valence-corrected chi connectivity index (χ2v) is 10.5. The molecule has 0 aliphatic rings. The molecule has 0 unspecified atom stereocenters.